The van der Waals surface area contributed by atoms with Crippen molar-refractivity contribution in [1.82, 2.24) is 24.4 Å². The number of phosphoric ester groups is 2. The second-order valence-corrected chi connectivity index (χ2v) is 15.2. The number of amides is 1. The number of hydrogen-bond acceptors (Lipinski definition) is 21. The summed E-state index contributed by atoms with van der Waals surface area (Å²) >= 11 is 0. The summed E-state index contributed by atoms with van der Waals surface area (Å²) in [7, 11) is -11.1. The van der Waals surface area contributed by atoms with Crippen LogP contribution >= 0.6 is 15.6 Å². The molecule has 4 unspecified atom stereocenters. The molecule has 25 nitrogen and oxygen atoms in total. The van der Waals surface area contributed by atoms with Crippen molar-refractivity contribution in [3.05, 3.63) is 36.7 Å². The van der Waals surface area contributed by atoms with Crippen molar-refractivity contribution in [3.8, 4) is 0 Å². The predicted molar refractivity (Wildman–Crippen MR) is 180 cm³/mol. The molecular weight excluding hydrogens is 796 g/mol. The molecule has 0 spiro atoms. The number of imidazole rings is 1. The zero-order valence-corrected chi connectivity index (χ0v) is 31.6. The minimum Gasteiger partial charge on any atom is -0.456 e. The maximum Gasteiger partial charge on any atom is 0.481 e. The molecule has 0 bridgehead atoms. The molecule has 2 aromatic heterocycles. The molecule has 2 fully saturated rings. The number of carbonyl (C=O) groups is 5. The number of esters is 4. The fraction of sp³-hybridized carbons (Fsp3) is 0.517. The number of carbonyl (C=O) groups excluding carboxylic acids is 5. The molecule has 2 saturated heterocycles. The molecule has 3 aliphatic rings. The number of nitrogen functional groups attached to an aromatic ring is 1. The summed E-state index contributed by atoms with van der Waals surface area (Å²) in [4.78, 5) is 94.4. The van der Waals surface area contributed by atoms with Gasteiger partial charge >= 0.3 is 39.5 Å². The first-order valence-electron chi connectivity index (χ1n) is 16.3. The van der Waals surface area contributed by atoms with Crippen molar-refractivity contribution in [2.75, 3.05) is 18.9 Å². The van der Waals surface area contributed by atoms with Gasteiger partial charge in [-0.1, -0.05) is 6.08 Å². The average molecular weight is 834 g/mol. The largest absolute Gasteiger partial charge is 0.481 e. The number of nitrogens with zero attached hydrogens (tertiary/aromatic N) is 5. The summed E-state index contributed by atoms with van der Waals surface area (Å²) in [5.74, 6) is -4.17. The maximum atomic E-state index is 13.0. The molecule has 0 saturated carbocycles. The van der Waals surface area contributed by atoms with E-state index in [1.54, 1.807) is 6.08 Å². The molecular formula is C29H37N7O18P2. The van der Waals surface area contributed by atoms with Crippen LogP contribution in [-0.2, 0) is 74.9 Å². The van der Waals surface area contributed by atoms with Gasteiger partial charge in [0.1, 0.15) is 24.1 Å². The number of anilines is 1. The van der Waals surface area contributed by atoms with Gasteiger partial charge in [0, 0.05) is 45.7 Å². The molecule has 306 valence electrons. The molecule has 10 atom stereocenters. The van der Waals surface area contributed by atoms with Crippen molar-refractivity contribution in [2.24, 2.45) is 5.73 Å². The molecule has 2 aromatic rings. The number of hydrogen-bond donors (Lipinski definition) is 4. The predicted octanol–water partition coefficient (Wildman–Crippen LogP) is -0.403. The molecule has 0 aliphatic carbocycles. The number of aromatic nitrogens is 4. The Morgan fingerprint density at radius 3 is 1.82 bits per heavy atom. The highest BCUT2D eigenvalue weighted by molar-refractivity contribution is 7.61. The molecule has 0 aromatic carbocycles. The standard InChI is InChI=1S/C29H37N7O18P2/c1-13(37)48-21-18(52-28(23(21)50-15(3)39)35-7-5-6-17(8-35)26(31)41)9-46-55(42,43)54-56(44,45)47-10-19-22(49-14(2)38)24(51-16(4)40)29(53-19)36-12-34-20-25(30)32-11-33-27(20)36/h5,7-8,11-12,18-19,21-24,28-29H,6,9-10H2,1-4H3,(H2,31,41)(H,42,43)(H,44,45)(H2,30,32,33)/t18-,19-,21?,22?,23+,24+,28-,29-/m1/s1. The van der Waals surface area contributed by atoms with Crippen LogP contribution in [0.3, 0.4) is 0 Å². The monoisotopic (exact) mass is 833 g/mol. The van der Waals surface area contributed by atoms with Crippen LogP contribution in [0.5, 0.6) is 0 Å². The van der Waals surface area contributed by atoms with E-state index >= 15 is 0 Å². The number of fused-ring (bicyclic) bond motifs is 1. The minimum absolute atomic E-state index is 0.00162. The Balaban J connectivity index is 1.30. The third-order valence-electron chi connectivity index (χ3n) is 7.98. The first kappa shape index (κ1) is 42.3. The third kappa shape index (κ3) is 10.1. The van der Waals surface area contributed by atoms with E-state index in [1.165, 1.54) is 28.2 Å². The van der Waals surface area contributed by atoms with Gasteiger partial charge in [-0.05, 0) is 6.42 Å². The fourth-order valence-corrected chi connectivity index (χ4v) is 8.01. The van der Waals surface area contributed by atoms with E-state index in [9.17, 15) is 42.9 Å². The van der Waals surface area contributed by atoms with Gasteiger partial charge in [0.15, 0.2) is 48.3 Å². The number of allylic oxidation sites excluding steroid dienone is 1. The Hall–Kier alpha value is -4.84. The molecule has 1 amide bonds. The molecule has 3 aliphatic heterocycles. The van der Waals surface area contributed by atoms with Gasteiger partial charge in [0.05, 0.1) is 19.5 Å². The van der Waals surface area contributed by atoms with Gasteiger partial charge in [0.25, 0.3) is 0 Å². The quantitative estimate of drug-likeness (QED) is 0.101. The smallest absolute Gasteiger partial charge is 0.456 e. The lowest BCUT2D eigenvalue weighted by Gasteiger charge is -2.30. The van der Waals surface area contributed by atoms with Crippen molar-refractivity contribution < 1.29 is 84.7 Å². The van der Waals surface area contributed by atoms with Crippen LogP contribution in [0.1, 0.15) is 40.3 Å². The highest BCUT2D eigenvalue weighted by atomic mass is 31.3. The van der Waals surface area contributed by atoms with Crippen LogP contribution in [0.15, 0.2) is 36.7 Å². The van der Waals surface area contributed by atoms with E-state index in [1.807, 2.05) is 0 Å². The Morgan fingerprint density at radius 2 is 1.30 bits per heavy atom. The van der Waals surface area contributed by atoms with Gasteiger partial charge in [-0.25, -0.2) is 24.1 Å². The minimum atomic E-state index is -5.57. The van der Waals surface area contributed by atoms with E-state index < -0.39 is 108 Å². The SMILES string of the molecule is CC(=O)OC1[C@@H](COP(=O)(O)OP(=O)(O)OC[C@H]2O[C@@H](n3cnc4c(N)ncnc43)[C@@H](OC(C)=O)C2OC(C)=O)O[C@@H](N2C=CCC(C(N)=O)=C2)[C@H]1OC(C)=O. The zero-order chi connectivity index (χ0) is 41.1. The van der Waals surface area contributed by atoms with Crippen LogP contribution in [0.4, 0.5) is 5.82 Å². The zero-order valence-electron chi connectivity index (χ0n) is 29.8. The van der Waals surface area contributed by atoms with Crippen molar-refractivity contribution in [2.45, 2.75) is 83.2 Å². The van der Waals surface area contributed by atoms with Crippen LogP contribution in [-0.4, -0.2) is 120 Å². The summed E-state index contributed by atoms with van der Waals surface area (Å²) in [5.41, 5.74) is 11.7. The molecule has 6 N–H and O–H groups in total. The highest BCUT2D eigenvalue weighted by Crippen LogP contribution is 2.61. The Morgan fingerprint density at radius 1 is 0.804 bits per heavy atom. The van der Waals surface area contributed by atoms with Crippen LogP contribution in [0, 0.1) is 0 Å². The van der Waals surface area contributed by atoms with E-state index in [0.29, 0.717) is 0 Å². The number of phosphoric acid groups is 2. The number of primary amides is 1. The first-order chi connectivity index (χ1) is 26.2. The van der Waals surface area contributed by atoms with E-state index in [2.05, 4.69) is 19.3 Å². The molecule has 5 heterocycles. The van der Waals surface area contributed by atoms with Gasteiger partial charge in [-0.2, -0.15) is 4.31 Å². The third-order valence-corrected chi connectivity index (χ3v) is 10.6. The van der Waals surface area contributed by atoms with Crippen molar-refractivity contribution >= 4 is 62.4 Å². The summed E-state index contributed by atoms with van der Waals surface area (Å²) in [6.07, 6.45) is -4.58. The van der Waals surface area contributed by atoms with Crippen LogP contribution in [0.25, 0.3) is 11.2 Å². The van der Waals surface area contributed by atoms with E-state index in [4.69, 9.17) is 48.9 Å². The van der Waals surface area contributed by atoms with Gasteiger partial charge in [0.2, 0.25) is 5.91 Å². The lowest BCUT2D eigenvalue weighted by molar-refractivity contribution is -0.166. The lowest BCUT2D eigenvalue weighted by atomic mass is 10.1. The van der Waals surface area contributed by atoms with Crippen molar-refractivity contribution in [3.63, 3.8) is 0 Å². The highest BCUT2D eigenvalue weighted by Gasteiger charge is 2.54. The Kier molecular flexibility index (Phi) is 12.9. The lowest BCUT2D eigenvalue weighted by Crippen LogP contribution is -2.44. The van der Waals surface area contributed by atoms with Gasteiger partial charge in [-0.15, -0.1) is 0 Å². The van der Waals surface area contributed by atoms with E-state index in [0.717, 1.165) is 34.0 Å². The summed E-state index contributed by atoms with van der Waals surface area (Å²) < 4.78 is 74.9. The molecule has 0 radical (unpaired) electrons. The normalized spacial score (nSPS) is 28.2. The molecule has 56 heavy (non-hydrogen) atoms. The average Bonchev–Trinajstić information content (AvgIpc) is 3.76. The topological polar surface area (TPSA) is 342 Å². The van der Waals surface area contributed by atoms with E-state index in [-0.39, 0.29) is 29.0 Å². The van der Waals surface area contributed by atoms with Crippen molar-refractivity contribution in [1.29, 1.82) is 0 Å². The Bertz CT molecular complexity index is 2030. The van der Waals surface area contributed by atoms with Crippen LogP contribution in [0.2, 0.25) is 0 Å². The summed E-state index contributed by atoms with van der Waals surface area (Å²) in [6.45, 7) is 2.24. The Labute approximate surface area is 316 Å². The van der Waals surface area contributed by atoms with Gasteiger partial charge in [-0.3, -0.25) is 37.6 Å². The van der Waals surface area contributed by atoms with Crippen LogP contribution < -0.4 is 11.5 Å². The molecule has 5 rings (SSSR count). The molecule has 27 heteroatoms. The number of ether oxygens (including phenoxy) is 6. The maximum absolute atomic E-state index is 13.0. The van der Waals surface area contributed by atoms with Gasteiger partial charge < -0.3 is 54.6 Å². The second kappa shape index (κ2) is 17.1. The summed E-state index contributed by atoms with van der Waals surface area (Å²) in [6, 6.07) is 0. The summed E-state index contributed by atoms with van der Waals surface area (Å²) in [5, 5.41) is 0. The second-order valence-electron chi connectivity index (χ2n) is 12.2. The number of nitrogens with two attached hydrogens (primary N) is 2. The number of rotatable bonds is 15. The first-order valence-corrected chi connectivity index (χ1v) is 19.3. The fourth-order valence-electron chi connectivity index (χ4n) is 5.92.